The van der Waals surface area contributed by atoms with E-state index in [9.17, 15) is 9.18 Å². The van der Waals surface area contributed by atoms with Crippen LogP contribution < -0.4 is 5.32 Å². The van der Waals surface area contributed by atoms with Gasteiger partial charge in [-0.3, -0.25) is 4.79 Å². The smallest absolute Gasteiger partial charge is 0.230 e. The molecule has 0 atom stereocenters. The zero-order valence-electron chi connectivity index (χ0n) is 13.8. The van der Waals surface area contributed by atoms with E-state index in [0.717, 1.165) is 16.3 Å². The number of amides is 1. The Morgan fingerprint density at radius 2 is 2.20 bits per heavy atom. The fourth-order valence-corrected chi connectivity index (χ4v) is 3.67. The Balaban J connectivity index is 1.53. The quantitative estimate of drug-likeness (QED) is 0.670. The first-order valence-corrected chi connectivity index (χ1v) is 9.49. The van der Waals surface area contributed by atoms with Crippen LogP contribution in [0.3, 0.4) is 0 Å². The second-order valence-corrected chi connectivity index (χ2v) is 7.38. The third-order valence-corrected chi connectivity index (χ3v) is 5.52. The molecule has 1 N–H and O–H groups in total. The van der Waals surface area contributed by atoms with Crippen molar-refractivity contribution in [3.63, 3.8) is 0 Å². The first-order chi connectivity index (χ1) is 12.0. The lowest BCUT2D eigenvalue weighted by Gasteiger charge is -2.06. The van der Waals surface area contributed by atoms with Crippen molar-refractivity contribution >= 4 is 29.0 Å². The van der Waals surface area contributed by atoms with Crippen LogP contribution in [0.15, 0.2) is 40.9 Å². The van der Waals surface area contributed by atoms with E-state index < -0.39 is 0 Å². The van der Waals surface area contributed by atoms with Gasteiger partial charge in [-0.2, -0.15) is 0 Å². The normalized spacial score (nSPS) is 10.8. The molecule has 0 aliphatic heterocycles. The lowest BCUT2D eigenvalue weighted by Crippen LogP contribution is -2.24. The van der Waals surface area contributed by atoms with E-state index in [-0.39, 0.29) is 17.5 Å². The van der Waals surface area contributed by atoms with Crippen LogP contribution in [0, 0.1) is 12.7 Å². The van der Waals surface area contributed by atoms with Crippen LogP contribution in [-0.4, -0.2) is 26.4 Å². The number of thiophene rings is 1. The third kappa shape index (κ3) is 4.26. The van der Waals surface area contributed by atoms with Gasteiger partial charge in [-0.25, -0.2) is 4.39 Å². The molecule has 0 saturated heterocycles. The number of hydrogen-bond donors (Lipinski definition) is 1. The summed E-state index contributed by atoms with van der Waals surface area (Å²) in [7, 11) is 1.88. The van der Waals surface area contributed by atoms with Crippen molar-refractivity contribution in [2.75, 3.05) is 5.75 Å². The van der Waals surface area contributed by atoms with E-state index in [1.807, 2.05) is 35.2 Å². The molecular formula is C17H17FN4OS2. The maximum absolute atomic E-state index is 13.5. The van der Waals surface area contributed by atoms with Gasteiger partial charge in [-0.05, 0) is 35.6 Å². The van der Waals surface area contributed by atoms with Crippen LogP contribution in [0.4, 0.5) is 4.39 Å². The zero-order chi connectivity index (χ0) is 17.8. The predicted octanol–water partition coefficient (Wildman–Crippen LogP) is 3.40. The number of rotatable bonds is 6. The van der Waals surface area contributed by atoms with Gasteiger partial charge in [-0.1, -0.05) is 30.0 Å². The van der Waals surface area contributed by atoms with Crippen LogP contribution in [0.25, 0.3) is 10.7 Å². The number of benzene rings is 1. The van der Waals surface area contributed by atoms with Gasteiger partial charge >= 0.3 is 0 Å². The predicted molar refractivity (Wildman–Crippen MR) is 98.0 cm³/mol. The number of carbonyl (C=O) groups excluding carboxylic acids is 1. The molecule has 2 heterocycles. The molecule has 8 heteroatoms. The maximum Gasteiger partial charge on any atom is 0.230 e. The summed E-state index contributed by atoms with van der Waals surface area (Å²) in [5, 5.41) is 13.8. The molecule has 25 heavy (non-hydrogen) atoms. The Hall–Kier alpha value is -2.19. The fourth-order valence-electron chi connectivity index (χ4n) is 2.19. The van der Waals surface area contributed by atoms with E-state index in [4.69, 9.17) is 0 Å². The van der Waals surface area contributed by atoms with Crippen molar-refractivity contribution in [3.8, 4) is 10.7 Å². The Labute approximate surface area is 153 Å². The largest absolute Gasteiger partial charge is 0.351 e. The third-order valence-electron chi connectivity index (χ3n) is 3.63. The SMILES string of the molecule is Cc1ccc(CNC(=O)CSc2nnc(-c3cccs3)n2C)cc1F. The van der Waals surface area contributed by atoms with Gasteiger partial charge in [0.25, 0.3) is 0 Å². The number of nitrogens with zero attached hydrogens (tertiary/aromatic N) is 3. The minimum absolute atomic E-state index is 0.133. The fraction of sp³-hybridized carbons (Fsp3) is 0.235. The van der Waals surface area contributed by atoms with Crippen LogP contribution in [0.5, 0.6) is 0 Å². The summed E-state index contributed by atoms with van der Waals surface area (Å²) < 4.78 is 15.4. The van der Waals surface area contributed by atoms with Crippen LogP contribution >= 0.6 is 23.1 Å². The monoisotopic (exact) mass is 376 g/mol. The minimum Gasteiger partial charge on any atom is -0.351 e. The van der Waals surface area contributed by atoms with Crippen LogP contribution in [0.2, 0.25) is 0 Å². The number of aromatic nitrogens is 3. The molecule has 0 unspecified atom stereocenters. The highest BCUT2D eigenvalue weighted by Gasteiger charge is 2.13. The summed E-state index contributed by atoms with van der Waals surface area (Å²) in [4.78, 5) is 13.0. The highest BCUT2D eigenvalue weighted by molar-refractivity contribution is 7.99. The molecular weight excluding hydrogens is 359 g/mol. The summed E-state index contributed by atoms with van der Waals surface area (Å²) in [6.45, 7) is 2.01. The lowest BCUT2D eigenvalue weighted by molar-refractivity contribution is -0.118. The molecule has 0 aliphatic rings. The number of hydrogen-bond acceptors (Lipinski definition) is 5. The summed E-state index contributed by atoms with van der Waals surface area (Å²) in [6.07, 6.45) is 0. The second kappa shape index (κ2) is 7.79. The highest BCUT2D eigenvalue weighted by Crippen LogP contribution is 2.25. The Morgan fingerprint density at radius 1 is 1.36 bits per heavy atom. The lowest BCUT2D eigenvalue weighted by atomic mass is 10.1. The molecule has 0 bridgehead atoms. The van der Waals surface area contributed by atoms with Gasteiger partial charge in [0.15, 0.2) is 11.0 Å². The number of thioether (sulfide) groups is 1. The van der Waals surface area contributed by atoms with E-state index in [2.05, 4.69) is 15.5 Å². The van der Waals surface area contributed by atoms with Crippen LogP contribution in [-0.2, 0) is 18.4 Å². The number of aryl methyl sites for hydroxylation is 1. The molecule has 1 aromatic carbocycles. The van der Waals surface area contributed by atoms with E-state index in [0.29, 0.717) is 17.3 Å². The molecule has 0 aliphatic carbocycles. The summed E-state index contributed by atoms with van der Waals surface area (Å²) in [5.41, 5.74) is 1.33. The zero-order valence-corrected chi connectivity index (χ0v) is 15.5. The molecule has 0 spiro atoms. The van der Waals surface area contributed by atoms with E-state index in [1.165, 1.54) is 17.8 Å². The second-order valence-electron chi connectivity index (χ2n) is 5.49. The van der Waals surface area contributed by atoms with Gasteiger partial charge in [0.1, 0.15) is 5.82 Å². The van der Waals surface area contributed by atoms with Crippen molar-refractivity contribution in [3.05, 3.63) is 52.7 Å². The maximum atomic E-state index is 13.5. The Kier molecular flexibility index (Phi) is 5.50. The van der Waals surface area contributed by atoms with Crippen molar-refractivity contribution < 1.29 is 9.18 Å². The molecule has 5 nitrogen and oxygen atoms in total. The molecule has 0 fully saturated rings. The molecule has 130 valence electrons. The summed E-state index contributed by atoms with van der Waals surface area (Å²) in [5.74, 6) is 0.617. The van der Waals surface area contributed by atoms with Gasteiger partial charge < -0.3 is 9.88 Å². The average molecular weight is 376 g/mol. The summed E-state index contributed by atoms with van der Waals surface area (Å²) >= 11 is 2.92. The molecule has 0 saturated carbocycles. The van der Waals surface area contributed by atoms with Gasteiger partial charge in [0.2, 0.25) is 5.91 Å². The molecule has 1 amide bonds. The van der Waals surface area contributed by atoms with Gasteiger partial charge in [0, 0.05) is 13.6 Å². The van der Waals surface area contributed by atoms with Crippen molar-refractivity contribution in [2.45, 2.75) is 18.6 Å². The molecule has 0 radical (unpaired) electrons. The summed E-state index contributed by atoms with van der Waals surface area (Å²) in [6, 6.07) is 8.90. The van der Waals surface area contributed by atoms with Gasteiger partial charge in [0.05, 0.1) is 10.6 Å². The minimum atomic E-state index is -0.263. The topological polar surface area (TPSA) is 59.8 Å². The van der Waals surface area contributed by atoms with E-state index >= 15 is 0 Å². The molecule has 2 aromatic heterocycles. The highest BCUT2D eigenvalue weighted by atomic mass is 32.2. The Bertz CT molecular complexity index is 877. The van der Waals surface area contributed by atoms with Crippen molar-refractivity contribution in [1.29, 1.82) is 0 Å². The van der Waals surface area contributed by atoms with Gasteiger partial charge in [-0.15, -0.1) is 21.5 Å². The first kappa shape index (κ1) is 17.6. The molecule has 3 aromatic rings. The van der Waals surface area contributed by atoms with Crippen LogP contribution in [0.1, 0.15) is 11.1 Å². The number of nitrogens with one attached hydrogen (secondary N) is 1. The van der Waals surface area contributed by atoms with Crippen molar-refractivity contribution in [1.82, 2.24) is 20.1 Å². The van der Waals surface area contributed by atoms with E-state index in [1.54, 1.807) is 24.3 Å². The Morgan fingerprint density at radius 3 is 2.92 bits per heavy atom. The standard InChI is InChI=1S/C17H17FN4OS2/c1-11-5-6-12(8-13(11)18)9-19-15(23)10-25-17-21-20-16(22(17)2)14-4-3-7-24-14/h3-8H,9-10H2,1-2H3,(H,19,23). The first-order valence-electron chi connectivity index (χ1n) is 7.62. The number of halogens is 1. The average Bonchev–Trinajstić information content (AvgIpc) is 3.24. The van der Waals surface area contributed by atoms with Crippen molar-refractivity contribution in [2.24, 2.45) is 7.05 Å². The number of carbonyl (C=O) groups is 1. The molecule has 3 rings (SSSR count).